The van der Waals surface area contributed by atoms with Gasteiger partial charge in [0.15, 0.2) is 12.3 Å². The summed E-state index contributed by atoms with van der Waals surface area (Å²) in [5.74, 6) is 0. The van der Waals surface area contributed by atoms with Crippen molar-refractivity contribution in [1.82, 2.24) is 0 Å². The monoisotopic (exact) mass is 610 g/mol. The van der Waals surface area contributed by atoms with Crippen LogP contribution in [-0.4, -0.2) is 36.3 Å². The molecule has 0 N–H and O–H groups in total. The molecule has 0 fully saturated rings. The van der Waals surface area contributed by atoms with Crippen LogP contribution in [0.5, 0.6) is 0 Å². The van der Waals surface area contributed by atoms with Gasteiger partial charge in [-0.05, 0) is 65.3 Å². The Bertz CT molecular complexity index is 1780. The minimum Gasteiger partial charge on any atom is -0.754 e. The first-order valence-electron chi connectivity index (χ1n) is 14.5. The van der Waals surface area contributed by atoms with E-state index in [4.69, 9.17) is 0 Å². The average molecular weight is 611 g/mol. The molecule has 218 valence electrons. The molecule has 0 spiro atoms. The van der Waals surface area contributed by atoms with Gasteiger partial charge in [0, 0.05) is 36.5 Å². The van der Waals surface area contributed by atoms with E-state index in [9.17, 15) is 13.0 Å². The minimum absolute atomic E-state index is 0. The molecule has 5 rings (SSSR count). The van der Waals surface area contributed by atoms with Crippen LogP contribution in [-0.2, 0) is 23.2 Å². The molecule has 0 radical (unpaired) electrons. The molecule has 5 nitrogen and oxygen atoms in total. The minimum atomic E-state index is -4.73. The van der Waals surface area contributed by atoms with Gasteiger partial charge in [-0.2, -0.15) is 24.3 Å². The van der Waals surface area contributed by atoms with Crippen molar-refractivity contribution in [1.29, 1.82) is 0 Å². The van der Waals surface area contributed by atoms with Crippen molar-refractivity contribution in [3.05, 3.63) is 161 Å². The molecule has 7 heteroatoms. The molecule has 0 unspecified atom stereocenters. The third-order valence-electron chi connectivity index (χ3n) is 7.60. The number of anilines is 1. The number of benzene rings is 4. The summed E-state index contributed by atoms with van der Waals surface area (Å²) in [6.45, 7) is 7.46. The Morgan fingerprint density at radius 1 is 0.818 bits per heavy atom. The third kappa shape index (κ3) is 8.14. The van der Waals surface area contributed by atoms with Crippen LogP contribution in [0.4, 0.5) is 5.69 Å². The van der Waals surface area contributed by atoms with Gasteiger partial charge in [0.25, 0.3) is 0 Å². The Labute approximate surface area is 283 Å². The number of nitrogens with zero attached hydrogens (tertiary/aromatic N) is 2. The molecule has 1 aliphatic carbocycles. The average Bonchev–Trinajstić information content (AvgIpc) is 3.04. The summed E-state index contributed by atoms with van der Waals surface area (Å²) in [5.41, 5.74) is 7.24. The van der Waals surface area contributed by atoms with Gasteiger partial charge in [-0.1, -0.05) is 72.8 Å². The maximum absolute atomic E-state index is 12.3. The topological polar surface area (TPSA) is 63.5 Å². The van der Waals surface area contributed by atoms with Crippen LogP contribution in [0.1, 0.15) is 36.1 Å². The summed E-state index contributed by atoms with van der Waals surface area (Å²) in [6, 6.07) is 36.1. The number of allylic oxidation sites excluding steroid dienone is 5. The smallest absolute Gasteiger partial charge is 0.754 e. The van der Waals surface area contributed by atoms with E-state index in [0.717, 1.165) is 48.7 Å². The van der Waals surface area contributed by atoms with Gasteiger partial charge in [-0.25, -0.2) is 4.58 Å². The molecule has 1 aliphatic rings. The first-order chi connectivity index (χ1) is 20.9. The van der Waals surface area contributed by atoms with Crippen molar-refractivity contribution < 1.29 is 47.1 Å². The zero-order valence-electron chi connectivity index (χ0n) is 25.5. The van der Waals surface area contributed by atoms with Crippen LogP contribution < -0.4 is 34.5 Å². The summed E-state index contributed by atoms with van der Waals surface area (Å²) in [6.07, 6.45) is 8.10. The molecular formula is C37H35N2NaO3S. The Morgan fingerprint density at radius 3 is 2.00 bits per heavy atom. The van der Waals surface area contributed by atoms with Gasteiger partial charge in [-0.15, -0.1) is 5.56 Å². The number of rotatable bonds is 10. The summed E-state index contributed by atoms with van der Waals surface area (Å²) in [5, 5.41) is 0. The molecular weight excluding hydrogens is 575 g/mol. The summed E-state index contributed by atoms with van der Waals surface area (Å²) < 4.78 is 39.3. The first kappa shape index (κ1) is 33.4. The predicted molar refractivity (Wildman–Crippen MR) is 173 cm³/mol. The summed E-state index contributed by atoms with van der Waals surface area (Å²) in [4.78, 5) is 2.00. The molecule has 4 aromatic rings. The summed E-state index contributed by atoms with van der Waals surface area (Å²) in [7, 11) is -4.73. The molecule has 0 aromatic heterocycles. The fraction of sp³-hybridized carbons (Fsp3) is 0.162. The maximum atomic E-state index is 12.3. The zero-order chi connectivity index (χ0) is 30.2. The Morgan fingerprint density at radius 2 is 1.43 bits per heavy atom. The van der Waals surface area contributed by atoms with Crippen LogP contribution in [0, 0.1) is 6.07 Å². The largest absolute Gasteiger partial charge is 1.00 e. The Balaban J connectivity index is 0.00000442. The van der Waals surface area contributed by atoms with E-state index in [0.29, 0.717) is 11.1 Å². The number of hydrogen-bond donors (Lipinski definition) is 0. The molecule has 0 amide bonds. The van der Waals surface area contributed by atoms with Crippen LogP contribution in [0.15, 0.2) is 138 Å². The zero-order valence-corrected chi connectivity index (χ0v) is 28.3. The van der Waals surface area contributed by atoms with E-state index in [-0.39, 0.29) is 34.5 Å². The second-order valence-corrected chi connectivity index (χ2v) is 11.7. The predicted octanol–water partition coefficient (Wildman–Crippen LogP) is 4.02. The number of hydrogen-bond acceptors (Lipinski definition) is 4. The molecule has 4 aromatic carbocycles. The fourth-order valence-electron chi connectivity index (χ4n) is 5.36. The summed E-state index contributed by atoms with van der Waals surface area (Å²) >= 11 is 0. The second-order valence-electron chi connectivity index (χ2n) is 10.3. The van der Waals surface area contributed by atoms with Crippen molar-refractivity contribution in [2.75, 3.05) is 18.0 Å². The van der Waals surface area contributed by atoms with Gasteiger partial charge >= 0.3 is 29.6 Å². The second kappa shape index (κ2) is 15.5. The molecule has 0 saturated carbocycles. The molecule has 0 heterocycles. The third-order valence-corrected chi connectivity index (χ3v) is 8.48. The molecule has 0 saturated heterocycles. The SMILES string of the molecule is CCN(Cc1ccccc1)c1ccc(C(=C2C=CC(=[N+](CC)Cc3ccccc3)C=C2)c2cc[c-]cc2S(=O)(=O)[O-])cc1.[Na+]. The molecule has 0 bridgehead atoms. The fourth-order valence-corrected chi connectivity index (χ4v) is 6.01. The van der Waals surface area contributed by atoms with Gasteiger partial charge in [0.05, 0.1) is 10.1 Å². The molecule has 0 aliphatic heterocycles. The van der Waals surface area contributed by atoms with Crippen LogP contribution >= 0.6 is 0 Å². The van der Waals surface area contributed by atoms with E-state index in [2.05, 4.69) is 77.9 Å². The normalized spacial score (nSPS) is 12.5. The van der Waals surface area contributed by atoms with Crippen molar-refractivity contribution >= 4 is 27.1 Å². The van der Waals surface area contributed by atoms with Crippen molar-refractivity contribution in [3.63, 3.8) is 0 Å². The standard InChI is InChI=1S/C37H36N2O3S.Na/c1-3-38(27-29-13-7-5-8-14-29)33-23-19-31(20-24-33)37(35-17-11-12-18-36(35)43(40,41)42)32-21-25-34(26-22-32)39(4-2)28-30-15-9-6-10-16-30;/h5-11,13-26H,3-4,27-28H2,1-2H3,(H,40,41,42);/q;+1/p-1. The van der Waals surface area contributed by atoms with E-state index >= 15 is 0 Å². The van der Waals surface area contributed by atoms with E-state index in [1.165, 1.54) is 17.2 Å². The van der Waals surface area contributed by atoms with E-state index in [1.54, 1.807) is 12.1 Å². The molecule has 44 heavy (non-hydrogen) atoms. The van der Waals surface area contributed by atoms with Gasteiger partial charge < -0.3 is 9.45 Å². The van der Waals surface area contributed by atoms with Crippen molar-refractivity contribution in [2.45, 2.75) is 31.8 Å². The quantitative estimate of drug-likeness (QED) is 0.118. The molecule has 0 atom stereocenters. The van der Waals surface area contributed by atoms with E-state index in [1.807, 2.05) is 60.7 Å². The first-order valence-corrected chi connectivity index (χ1v) is 15.9. The van der Waals surface area contributed by atoms with Crippen molar-refractivity contribution in [2.24, 2.45) is 0 Å². The Kier molecular flexibility index (Phi) is 11.7. The van der Waals surface area contributed by atoms with Gasteiger partial charge in [0.2, 0.25) is 0 Å². The maximum Gasteiger partial charge on any atom is 1.00 e. The van der Waals surface area contributed by atoms with Crippen LogP contribution in [0.2, 0.25) is 0 Å². The van der Waals surface area contributed by atoms with Gasteiger partial charge in [-0.3, -0.25) is 8.42 Å². The van der Waals surface area contributed by atoms with E-state index < -0.39 is 10.1 Å². The van der Waals surface area contributed by atoms with Gasteiger partial charge in [0.1, 0.15) is 6.54 Å². The van der Waals surface area contributed by atoms with Crippen molar-refractivity contribution in [3.8, 4) is 0 Å². The van der Waals surface area contributed by atoms with Crippen LogP contribution in [0.3, 0.4) is 0 Å². The Hall–Kier alpha value is -3.52. The van der Waals surface area contributed by atoms with Crippen LogP contribution in [0.25, 0.3) is 5.57 Å².